The number of hydrogen-bond acceptors (Lipinski definition) is 3. The third kappa shape index (κ3) is 2.04. The largest absolute Gasteiger partial charge is 0.478 e. The summed E-state index contributed by atoms with van der Waals surface area (Å²) in [7, 11) is 0. The number of hydrogen-bond donors (Lipinski definition) is 1. The van der Waals surface area contributed by atoms with Crippen LogP contribution in [0.15, 0.2) is 29.2 Å². The molecule has 0 aliphatic carbocycles. The zero-order valence-corrected chi connectivity index (χ0v) is 9.38. The van der Waals surface area contributed by atoms with Gasteiger partial charge in [-0.1, -0.05) is 6.92 Å². The number of rotatable bonds is 3. The van der Waals surface area contributed by atoms with Crippen LogP contribution in [0.1, 0.15) is 23.7 Å². The van der Waals surface area contributed by atoms with E-state index in [1.165, 1.54) is 18.3 Å². The van der Waals surface area contributed by atoms with Crippen LogP contribution in [-0.4, -0.2) is 20.6 Å². The van der Waals surface area contributed by atoms with E-state index in [1.807, 2.05) is 6.92 Å². The van der Waals surface area contributed by atoms with E-state index in [-0.39, 0.29) is 11.1 Å². The molecule has 1 N–H and O–H groups in total. The molecule has 17 heavy (non-hydrogen) atoms. The molecule has 0 unspecified atom stereocenters. The number of carboxylic acid groups (broad SMARTS) is 1. The minimum Gasteiger partial charge on any atom is -0.478 e. The van der Waals surface area contributed by atoms with E-state index in [0.29, 0.717) is 17.6 Å². The molecule has 2 heterocycles. The second-order valence-corrected chi connectivity index (χ2v) is 3.76. The molecule has 88 valence electrons. The van der Waals surface area contributed by atoms with Gasteiger partial charge in [0, 0.05) is 18.8 Å². The number of carbonyl (C=O) groups is 1. The zero-order chi connectivity index (χ0) is 12.4. The normalized spacial score (nSPS) is 10.6. The first-order valence-corrected chi connectivity index (χ1v) is 5.36. The highest BCUT2D eigenvalue weighted by Crippen LogP contribution is 2.11. The lowest BCUT2D eigenvalue weighted by Gasteiger charge is -2.08. The number of aromatic carboxylic acids is 1. The Morgan fingerprint density at radius 1 is 1.47 bits per heavy atom. The Balaban J connectivity index is 2.75. The molecule has 0 aromatic carbocycles. The van der Waals surface area contributed by atoms with E-state index < -0.39 is 5.97 Å². The third-order valence-corrected chi connectivity index (χ3v) is 2.53. The fourth-order valence-electron chi connectivity index (χ4n) is 1.74. The van der Waals surface area contributed by atoms with Crippen molar-refractivity contribution in [3.63, 3.8) is 0 Å². The Bertz CT molecular complexity index is 631. The monoisotopic (exact) mass is 232 g/mol. The molecular weight excluding hydrogens is 220 g/mol. The second-order valence-electron chi connectivity index (χ2n) is 3.76. The van der Waals surface area contributed by atoms with Gasteiger partial charge < -0.3 is 9.67 Å². The van der Waals surface area contributed by atoms with E-state index in [1.54, 1.807) is 10.6 Å². The number of fused-ring (bicyclic) bond motifs is 1. The lowest BCUT2D eigenvalue weighted by Crippen LogP contribution is -2.19. The van der Waals surface area contributed by atoms with Crippen molar-refractivity contribution in [1.82, 2.24) is 9.55 Å². The minimum atomic E-state index is -1.04. The molecule has 0 spiro atoms. The van der Waals surface area contributed by atoms with E-state index in [4.69, 9.17) is 5.11 Å². The van der Waals surface area contributed by atoms with Crippen molar-refractivity contribution in [2.75, 3.05) is 0 Å². The van der Waals surface area contributed by atoms with Crippen LogP contribution < -0.4 is 5.56 Å². The Kier molecular flexibility index (Phi) is 2.91. The highest BCUT2D eigenvalue weighted by Gasteiger charge is 2.08. The molecule has 0 aliphatic rings. The fraction of sp³-hybridized carbons (Fsp3) is 0.250. The van der Waals surface area contributed by atoms with E-state index in [9.17, 15) is 9.59 Å². The lowest BCUT2D eigenvalue weighted by atomic mass is 10.2. The molecule has 2 aromatic heterocycles. The van der Waals surface area contributed by atoms with Gasteiger partial charge in [0.25, 0.3) is 5.56 Å². The van der Waals surface area contributed by atoms with Gasteiger partial charge >= 0.3 is 5.97 Å². The van der Waals surface area contributed by atoms with Crippen LogP contribution in [0.3, 0.4) is 0 Å². The van der Waals surface area contributed by atoms with Crippen LogP contribution in [0.5, 0.6) is 0 Å². The molecule has 5 heteroatoms. The SMILES string of the molecule is CCCn1c(=O)ccc2ncc(C(=O)O)cc21. The molecule has 5 nitrogen and oxygen atoms in total. The Morgan fingerprint density at radius 3 is 2.88 bits per heavy atom. The predicted octanol–water partition coefficient (Wildman–Crippen LogP) is 1.50. The Morgan fingerprint density at radius 2 is 2.24 bits per heavy atom. The minimum absolute atomic E-state index is 0.0907. The standard InChI is InChI=1S/C12H12N2O3/c1-2-5-14-10-6-8(12(16)17)7-13-9(10)3-4-11(14)15/h3-4,6-7H,2,5H2,1H3,(H,16,17). The van der Waals surface area contributed by atoms with Crippen LogP contribution in [0.4, 0.5) is 0 Å². The average Bonchev–Trinajstić information content (AvgIpc) is 2.32. The van der Waals surface area contributed by atoms with Gasteiger partial charge in [-0.05, 0) is 18.6 Å². The molecule has 0 aliphatic heterocycles. The van der Waals surface area contributed by atoms with Crippen molar-refractivity contribution in [3.8, 4) is 0 Å². The van der Waals surface area contributed by atoms with E-state index in [0.717, 1.165) is 6.42 Å². The maximum atomic E-state index is 11.7. The fourth-order valence-corrected chi connectivity index (χ4v) is 1.74. The van der Waals surface area contributed by atoms with Crippen molar-refractivity contribution in [2.45, 2.75) is 19.9 Å². The van der Waals surface area contributed by atoms with Crippen LogP contribution in [0, 0.1) is 0 Å². The van der Waals surface area contributed by atoms with Crippen molar-refractivity contribution < 1.29 is 9.90 Å². The maximum Gasteiger partial charge on any atom is 0.337 e. The molecule has 0 fully saturated rings. The summed E-state index contributed by atoms with van der Waals surface area (Å²) in [5.41, 5.74) is 1.15. The van der Waals surface area contributed by atoms with Crippen LogP contribution in [0.2, 0.25) is 0 Å². The summed E-state index contributed by atoms with van der Waals surface area (Å²) in [4.78, 5) is 26.6. The number of nitrogens with zero attached hydrogens (tertiary/aromatic N) is 2. The van der Waals surface area contributed by atoms with Crippen molar-refractivity contribution in [1.29, 1.82) is 0 Å². The first-order valence-electron chi connectivity index (χ1n) is 5.36. The quantitative estimate of drug-likeness (QED) is 0.870. The Labute approximate surface area is 97.3 Å². The topological polar surface area (TPSA) is 72.2 Å². The first-order chi connectivity index (χ1) is 8.13. The summed E-state index contributed by atoms with van der Waals surface area (Å²) in [6, 6.07) is 4.54. The lowest BCUT2D eigenvalue weighted by molar-refractivity contribution is 0.0696. The molecule has 0 saturated heterocycles. The van der Waals surface area contributed by atoms with Gasteiger partial charge in [-0.3, -0.25) is 9.78 Å². The number of pyridine rings is 2. The summed E-state index contributed by atoms with van der Waals surface area (Å²) < 4.78 is 1.55. The molecule has 2 rings (SSSR count). The summed E-state index contributed by atoms with van der Waals surface area (Å²) in [6.07, 6.45) is 2.10. The van der Waals surface area contributed by atoms with E-state index >= 15 is 0 Å². The summed E-state index contributed by atoms with van der Waals surface area (Å²) in [6.45, 7) is 2.51. The van der Waals surface area contributed by atoms with Crippen molar-refractivity contribution >= 4 is 17.0 Å². The summed E-state index contributed by atoms with van der Waals surface area (Å²) in [5.74, 6) is -1.04. The van der Waals surface area contributed by atoms with Crippen LogP contribution in [-0.2, 0) is 6.54 Å². The number of aromatic nitrogens is 2. The zero-order valence-electron chi connectivity index (χ0n) is 9.38. The van der Waals surface area contributed by atoms with Gasteiger partial charge in [0.05, 0.1) is 16.6 Å². The van der Waals surface area contributed by atoms with Crippen molar-refractivity contribution in [2.24, 2.45) is 0 Å². The predicted molar refractivity (Wildman–Crippen MR) is 63.3 cm³/mol. The highest BCUT2D eigenvalue weighted by molar-refractivity contribution is 5.91. The Hall–Kier alpha value is -2.17. The van der Waals surface area contributed by atoms with Gasteiger partial charge in [0.15, 0.2) is 0 Å². The van der Waals surface area contributed by atoms with Crippen molar-refractivity contribution in [3.05, 3.63) is 40.3 Å². The third-order valence-electron chi connectivity index (χ3n) is 2.53. The first kappa shape index (κ1) is 11.3. The summed E-state index contributed by atoms with van der Waals surface area (Å²) in [5, 5.41) is 8.91. The van der Waals surface area contributed by atoms with Crippen LogP contribution >= 0.6 is 0 Å². The number of aryl methyl sites for hydroxylation is 1. The van der Waals surface area contributed by atoms with Gasteiger partial charge in [-0.2, -0.15) is 0 Å². The highest BCUT2D eigenvalue weighted by atomic mass is 16.4. The average molecular weight is 232 g/mol. The molecule has 2 aromatic rings. The number of carboxylic acids is 1. The molecule has 0 radical (unpaired) electrons. The van der Waals surface area contributed by atoms with Gasteiger partial charge in [-0.25, -0.2) is 4.79 Å². The maximum absolute atomic E-state index is 11.7. The summed E-state index contributed by atoms with van der Waals surface area (Å²) >= 11 is 0. The molecule has 0 saturated carbocycles. The molecule has 0 amide bonds. The van der Waals surface area contributed by atoms with E-state index in [2.05, 4.69) is 4.98 Å². The second kappa shape index (κ2) is 4.37. The van der Waals surface area contributed by atoms with Crippen LogP contribution in [0.25, 0.3) is 11.0 Å². The molecular formula is C12H12N2O3. The van der Waals surface area contributed by atoms with Gasteiger partial charge in [-0.15, -0.1) is 0 Å². The molecule has 0 atom stereocenters. The van der Waals surface area contributed by atoms with Gasteiger partial charge in [0.1, 0.15) is 0 Å². The smallest absolute Gasteiger partial charge is 0.337 e. The van der Waals surface area contributed by atoms with Gasteiger partial charge in [0.2, 0.25) is 0 Å². The molecule has 0 bridgehead atoms.